The lowest BCUT2D eigenvalue weighted by Gasteiger charge is -2.22. The first-order valence-electron chi connectivity index (χ1n) is 6.66. The van der Waals surface area contributed by atoms with Gasteiger partial charge in [0.15, 0.2) is 0 Å². The maximum atomic E-state index is 11.9. The molecule has 0 saturated carbocycles. The number of para-hydroxylation sites is 1. The molecule has 0 bridgehead atoms. The second kappa shape index (κ2) is 6.50. The van der Waals surface area contributed by atoms with E-state index in [0.717, 1.165) is 5.69 Å². The number of anilines is 2. The van der Waals surface area contributed by atoms with E-state index < -0.39 is 11.7 Å². The summed E-state index contributed by atoms with van der Waals surface area (Å²) in [5.41, 5.74) is 0.834. The van der Waals surface area contributed by atoms with Crippen molar-refractivity contribution in [3.8, 4) is 5.75 Å². The smallest absolute Gasteiger partial charge is 0.412 e. The average Bonchev–Trinajstić information content (AvgIpc) is 2.28. The molecule has 0 atom stereocenters. The summed E-state index contributed by atoms with van der Waals surface area (Å²) in [4.78, 5) is 11.9. The quantitative estimate of drug-likeness (QED) is 0.879. The lowest BCUT2D eigenvalue weighted by Crippen LogP contribution is -2.27. The van der Waals surface area contributed by atoms with Crippen LogP contribution < -0.4 is 15.4 Å². The Kier molecular flexibility index (Phi) is 5.25. The van der Waals surface area contributed by atoms with E-state index in [1.165, 1.54) is 0 Å². The molecule has 5 heteroatoms. The van der Waals surface area contributed by atoms with Crippen molar-refractivity contribution in [2.24, 2.45) is 0 Å². The number of rotatable bonds is 4. The van der Waals surface area contributed by atoms with Crippen LogP contribution in [0, 0.1) is 0 Å². The normalized spacial score (nSPS) is 11.2. The second-order valence-electron chi connectivity index (χ2n) is 5.81. The van der Waals surface area contributed by atoms with Crippen LogP contribution in [0.5, 0.6) is 5.75 Å². The third kappa shape index (κ3) is 4.99. The van der Waals surface area contributed by atoms with E-state index in [-0.39, 0.29) is 6.04 Å². The van der Waals surface area contributed by atoms with Crippen LogP contribution in [0.4, 0.5) is 16.2 Å². The van der Waals surface area contributed by atoms with Crippen LogP contribution in [0.25, 0.3) is 0 Å². The molecular formula is C15H24N2O3. The molecule has 0 aliphatic rings. The van der Waals surface area contributed by atoms with Crippen molar-refractivity contribution < 1.29 is 14.3 Å². The molecule has 0 fully saturated rings. The number of ether oxygens (including phenoxy) is 2. The molecule has 0 heterocycles. The summed E-state index contributed by atoms with van der Waals surface area (Å²) in [6.45, 7) is 9.51. The number of carbonyl (C=O) groups is 1. The maximum Gasteiger partial charge on any atom is 0.412 e. The van der Waals surface area contributed by atoms with Gasteiger partial charge in [-0.1, -0.05) is 6.07 Å². The van der Waals surface area contributed by atoms with Crippen molar-refractivity contribution in [3.63, 3.8) is 0 Å². The van der Waals surface area contributed by atoms with Gasteiger partial charge >= 0.3 is 6.09 Å². The van der Waals surface area contributed by atoms with Crippen LogP contribution in [0.3, 0.4) is 0 Å². The van der Waals surface area contributed by atoms with Crippen LogP contribution in [0.1, 0.15) is 34.6 Å². The first kappa shape index (κ1) is 16.1. The van der Waals surface area contributed by atoms with Crippen molar-refractivity contribution in [1.82, 2.24) is 0 Å². The van der Waals surface area contributed by atoms with E-state index in [0.29, 0.717) is 11.4 Å². The minimum Gasteiger partial charge on any atom is -0.494 e. The first-order chi connectivity index (χ1) is 9.23. The lowest BCUT2D eigenvalue weighted by molar-refractivity contribution is 0.0635. The SMILES string of the molecule is COc1cccc(NC(C)C)c1NC(=O)OC(C)(C)C. The van der Waals surface area contributed by atoms with Gasteiger partial charge < -0.3 is 14.8 Å². The predicted molar refractivity (Wildman–Crippen MR) is 81.6 cm³/mol. The topological polar surface area (TPSA) is 59.6 Å². The first-order valence-corrected chi connectivity index (χ1v) is 6.66. The Balaban J connectivity index is 2.99. The molecule has 0 spiro atoms. The van der Waals surface area contributed by atoms with Crippen molar-refractivity contribution in [2.45, 2.75) is 46.3 Å². The van der Waals surface area contributed by atoms with Crippen LogP contribution in [0.2, 0.25) is 0 Å². The third-order valence-corrected chi connectivity index (χ3v) is 2.32. The van der Waals surface area contributed by atoms with E-state index in [1.807, 2.05) is 46.8 Å². The van der Waals surface area contributed by atoms with Gasteiger partial charge in [0.2, 0.25) is 0 Å². The van der Waals surface area contributed by atoms with Crippen molar-refractivity contribution in [1.29, 1.82) is 0 Å². The highest BCUT2D eigenvalue weighted by atomic mass is 16.6. The van der Waals surface area contributed by atoms with Crippen molar-refractivity contribution in [3.05, 3.63) is 18.2 Å². The highest BCUT2D eigenvalue weighted by molar-refractivity contribution is 5.92. The Morgan fingerprint density at radius 1 is 1.25 bits per heavy atom. The van der Waals surface area contributed by atoms with Crippen LogP contribution in [0.15, 0.2) is 18.2 Å². The molecule has 20 heavy (non-hydrogen) atoms. The molecule has 5 nitrogen and oxygen atoms in total. The zero-order chi connectivity index (χ0) is 15.3. The molecule has 1 rings (SSSR count). The zero-order valence-corrected chi connectivity index (χ0v) is 13.0. The zero-order valence-electron chi connectivity index (χ0n) is 13.0. The van der Waals surface area contributed by atoms with E-state index in [2.05, 4.69) is 10.6 Å². The van der Waals surface area contributed by atoms with E-state index in [4.69, 9.17) is 9.47 Å². The summed E-state index contributed by atoms with van der Waals surface area (Å²) in [5, 5.41) is 6.01. The fourth-order valence-corrected chi connectivity index (χ4v) is 1.67. The molecule has 0 unspecified atom stereocenters. The molecule has 0 aliphatic heterocycles. The monoisotopic (exact) mass is 280 g/mol. The molecule has 1 aromatic rings. The number of nitrogens with one attached hydrogen (secondary N) is 2. The Labute approximate surface area is 120 Å². The van der Waals surface area contributed by atoms with Crippen LogP contribution >= 0.6 is 0 Å². The maximum absolute atomic E-state index is 11.9. The van der Waals surface area contributed by atoms with Gasteiger partial charge in [0.1, 0.15) is 17.0 Å². The molecular weight excluding hydrogens is 256 g/mol. The van der Waals surface area contributed by atoms with Crippen molar-refractivity contribution >= 4 is 17.5 Å². The van der Waals surface area contributed by atoms with Gasteiger partial charge in [0.05, 0.1) is 12.8 Å². The average molecular weight is 280 g/mol. The number of amides is 1. The standard InChI is InChI=1S/C15H24N2O3/c1-10(2)16-11-8-7-9-12(19-6)13(11)17-14(18)20-15(3,4)5/h7-10,16H,1-6H3,(H,17,18). The van der Waals surface area contributed by atoms with Gasteiger partial charge in [-0.05, 0) is 46.8 Å². The summed E-state index contributed by atoms with van der Waals surface area (Å²) in [7, 11) is 1.56. The molecule has 0 aliphatic carbocycles. The van der Waals surface area contributed by atoms with Crippen molar-refractivity contribution in [2.75, 3.05) is 17.7 Å². The summed E-state index contributed by atoms with van der Waals surface area (Å²) < 4.78 is 10.6. The highest BCUT2D eigenvalue weighted by Gasteiger charge is 2.19. The molecule has 0 radical (unpaired) electrons. The highest BCUT2D eigenvalue weighted by Crippen LogP contribution is 2.33. The van der Waals surface area contributed by atoms with Crippen LogP contribution in [-0.2, 0) is 4.74 Å². The Bertz CT molecular complexity index is 465. The van der Waals surface area contributed by atoms with Crippen LogP contribution in [-0.4, -0.2) is 24.8 Å². The number of hydrogen-bond acceptors (Lipinski definition) is 4. The van der Waals surface area contributed by atoms with E-state index >= 15 is 0 Å². The third-order valence-electron chi connectivity index (χ3n) is 2.32. The molecule has 112 valence electrons. The van der Waals surface area contributed by atoms with Gasteiger partial charge in [-0.2, -0.15) is 0 Å². The number of carbonyl (C=O) groups excluding carboxylic acids is 1. The molecule has 0 aromatic heterocycles. The summed E-state index contributed by atoms with van der Waals surface area (Å²) >= 11 is 0. The van der Waals surface area contributed by atoms with E-state index in [9.17, 15) is 4.79 Å². The molecule has 2 N–H and O–H groups in total. The van der Waals surface area contributed by atoms with Gasteiger partial charge in [-0.15, -0.1) is 0 Å². The number of benzene rings is 1. The molecule has 0 saturated heterocycles. The number of hydrogen-bond donors (Lipinski definition) is 2. The minimum atomic E-state index is -0.544. The van der Waals surface area contributed by atoms with Gasteiger partial charge in [0, 0.05) is 6.04 Å². The largest absolute Gasteiger partial charge is 0.494 e. The predicted octanol–water partition coefficient (Wildman–Crippen LogP) is 3.86. The Hall–Kier alpha value is -1.91. The minimum absolute atomic E-state index is 0.237. The molecule has 1 amide bonds. The summed E-state index contributed by atoms with van der Waals surface area (Å²) in [6.07, 6.45) is -0.506. The van der Waals surface area contributed by atoms with Gasteiger partial charge in [0.25, 0.3) is 0 Å². The Morgan fingerprint density at radius 3 is 2.40 bits per heavy atom. The number of methoxy groups -OCH3 is 1. The summed E-state index contributed by atoms with van der Waals surface area (Å²) in [6, 6.07) is 5.78. The second-order valence-corrected chi connectivity index (χ2v) is 5.81. The lowest BCUT2D eigenvalue weighted by atomic mass is 10.2. The van der Waals surface area contributed by atoms with Gasteiger partial charge in [-0.25, -0.2) is 4.79 Å². The van der Waals surface area contributed by atoms with E-state index in [1.54, 1.807) is 13.2 Å². The fraction of sp³-hybridized carbons (Fsp3) is 0.533. The fourth-order valence-electron chi connectivity index (χ4n) is 1.67. The van der Waals surface area contributed by atoms with Gasteiger partial charge in [-0.3, -0.25) is 5.32 Å². The summed E-state index contributed by atoms with van der Waals surface area (Å²) in [5.74, 6) is 0.585. The Morgan fingerprint density at radius 2 is 1.90 bits per heavy atom. The molecule has 1 aromatic carbocycles.